The fraction of sp³-hybridized carbons (Fsp3) is 0.778. The lowest BCUT2D eigenvalue weighted by molar-refractivity contribution is -0.206. The van der Waals surface area contributed by atoms with E-state index in [1.54, 1.807) is 11.8 Å². The average Bonchev–Trinajstić information content (AvgIpc) is 2.90. The molecule has 0 amide bonds. The number of hydrogen-bond acceptors (Lipinski definition) is 4. The number of allylic oxidation sites excluding steroid dienone is 2. The van der Waals surface area contributed by atoms with Gasteiger partial charge in [-0.1, -0.05) is 66.2 Å². The van der Waals surface area contributed by atoms with Gasteiger partial charge in [-0.15, -0.1) is 0 Å². The van der Waals surface area contributed by atoms with Crippen LogP contribution in [0.25, 0.3) is 0 Å². The van der Waals surface area contributed by atoms with Crippen molar-refractivity contribution < 1.29 is 14.6 Å². The summed E-state index contributed by atoms with van der Waals surface area (Å²) in [5, 5.41) is 11.0. The fourth-order valence-electron chi connectivity index (χ4n) is 11.4. The first-order chi connectivity index (χ1) is 18.7. The van der Waals surface area contributed by atoms with Crippen LogP contribution in [0.15, 0.2) is 36.0 Å². The van der Waals surface area contributed by atoms with Gasteiger partial charge in [0, 0.05) is 6.20 Å². The smallest absolute Gasteiger partial charge is 0.313 e. The summed E-state index contributed by atoms with van der Waals surface area (Å²) >= 11 is 0. The van der Waals surface area contributed by atoms with E-state index >= 15 is 0 Å². The third-order valence-electron chi connectivity index (χ3n) is 14.1. The highest BCUT2D eigenvalue weighted by molar-refractivity contribution is 5.78. The minimum Gasteiger partial charge on any atom is -0.459 e. The largest absolute Gasteiger partial charge is 0.459 e. The highest BCUT2D eigenvalue weighted by Gasteiger charge is 2.69. The SMILES string of the molecule is CC1(C)CCC2(C(=O)OCc3ccccn3)CCC3(C)C(=CCC4C5(C)CCC(O)C(C)(C)C5CCC43C)C2C1. The first-order valence-electron chi connectivity index (χ1n) is 16.2. The molecular weight excluding hydrogens is 494 g/mol. The molecule has 0 bridgehead atoms. The van der Waals surface area contributed by atoms with E-state index in [0.717, 1.165) is 57.1 Å². The van der Waals surface area contributed by atoms with Crippen LogP contribution < -0.4 is 0 Å². The van der Waals surface area contributed by atoms with Crippen LogP contribution in [-0.4, -0.2) is 22.2 Å². The Morgan fingerprint density at radius 2 is 1.70 bits per heavy atom. The summed E-state index contributed by atoms with van der Waals surface area (Å²) in [5.41, 5.74) is 2.69. The molecule has 6 rings (SSSR count). The quantitative estimate of drug-likeness (QED) is 0.305. The second kappa shape index (κ2) is 9.16. The van der Waals surface area contributed by atoms with Gasteiger partial charge in [0.05, 0.1) is 17.2 Å². The number of aliphatic hydroxyl groups excluding tert-OH is 1. The summed E-state index contributed by atoms with van der Waals surface area (Å²) in [6.45, 7) is 17.5. The third-order valence-corrected chi connectivity index (χ3v) is 14.1. The van der Waals surface area contributed by atoms with E-state index in [4.69, 9.17) is 4.74 Å². The number of carbonyl (C=O) groups excluding carboxylic acids is 1. The Balaban J connectivity index is 1.36. The molecule has 5 aliphatic carbocycles. The lowest BCUT2D eigenvalue weighted by Gasteiger charge is -2.71. The van der Waals surface area contributed by atoms with Gasteiger partial charge in [-0.2, -0.15) is 0 Å². The van der Waals surface area contributed by atoms with Crippen LogP contribution in [-0.2, 0) is 16.1 Å². The predicted octanol–water partition coefficient (Wildman–Crippen LogP) is 8.29. The number of carbonyl (C=O) groups is 1. The summed E-state index contributed by atoms with van der Waals surface area (Å²) in [6, 6.07) is 5.80. The Bertz CT molecular complexity index is 1190. The lowest BCUT2D eigenvalue weighted by Crippen LogP contribution is -2.65. The maximum Gasteiger partial charge on any atom is 0.313 e. The van der Waals surface area contributed by atoms with E-state index in [1.165, 1.54) is 12.8 Å². The Labute approximate surface area is 242 Å². The van der Waals surface area contributed by atoms with Crippen molar-refractivity contribution in [3.63, 3.8) is 0 Å². The minimum atomic E-state index is -0.420. The normalized spacial score (nSPS) is 45.1. The molecule has 4 heteroatoms. The summed E-state index contributed by atoms with van der Waals surface area (Å²) in [5.74, 6) is 1.42. The van der Waals surface area contributed by atoms with Crippen molar-refractivity contribution in [2.45, 2.75) is 125 Å². The van der Waals surface area contributed by atoms with Crippen LogP contribution >= 0.6 is 0 Å². The number of esters is 1. The first-order valence-corrected chi connectivity index (χ1v) is 16.2. The molecule has 0 aliphatic heterocycles. The molecule has 0 spiro atoms. The number of aliphatic hydroxyl groups is 1. The molecule has 5 aliphatic rings. The molecular formula is C36H53NO3. The highest BCUT2D eigenvalue weighted by Crippen LogP contribution is 2.75. The van der Waals surface area contributed by atoms with Gasteiger partial charge in [-0.05, 0) is 121 Å². The predicted molar refractivity (Wildman–Crippen MR) is 159 cm³/mol. The molecule has 0 aromatic carbocycles. The van der Waals surface area contributed by atoms with Crippen molar-refractivity contribution in [3.8, 4) is 0 Å². The molecule has 4 nitrogen and oxygen atoms in total. The number of pyridine rings is 1. The van der Waals surface area contributed by atoms with Gasteiger partial charge in [-0.25, -0.2) is 0 Å². The number of rotatable bonds is 3. The van der Waals surface area contributed by atoms with Crippen LogP contribution in [0.1, 0.15) is 118 Å². The summed E-state index contributed by atoms with van der Waals surface area (Å²) in [4.78, 5) is 18.5. The maximum atomic E-state index is 14.1. The number of ether oxygens (including phenoxy) is 1. The summed E-state index contributed by atoms with van der Waals surface area (Å²) in [7, 11) is 0. The van der Waals surface area contributed by atoms with E-state index in [9.17, 15) is 9.90 Å². The zero-order valence-corrected chi connectivity index (χ0v) is 26.2. The lowest BCUT2D eigenvalue weighted by atomic mass is 9.33. The Morgan fingerprint density at radius 3 is 2.42 bits per heavy atom. The topological polar surface area (TPSA) is 59.4 Å². The molecule has 220 valence electrons. The van der Waals surface area contributed by atoms with Gasteiger partial charge in [0.25, 0.3) is 0 Å². The van der Waals surface area contributed by atoms with Crippen LogP contribution in [0, 0.1) is 50.2 Å². The first kappa shape index (κ1) is 28.4. The van der Waals surface area contributed by atoms with Crippen LogP contribution in [0.4, 0.5) is 0 Å². The van der Waals surface area contributed by atoms with E-state index in [1.807, 2.05) is 18.2 Å². The van der Waals surface area contributed by atoms with Crippen molar-refractivity contribution in [2.75, 3.05) is 0 Å². The molecule has 0 saturated heterocycles. The van der Waals surface area contributed by atoms with Gasteiger partial charge in [0.1, 0.15) is 6.61 Å². The zero-order chi connectivity index (χ0) is 28.8. The van der Waals surface area contributed by atoms with E-state index in [-0.39, 0.29) is 51.7 Å². The van der Waals surface area contributed by atoms with Gasteiger partial charge >= 0.3 is 5.97 Å². The van der Waals surface area contributed by atoms with Crippen molar-refractivity contribution >= 4 is 5.97 Å². The van der Waals surface area contributed by atoms with Crippen molar-refractivity contribution in [1.82, 2.24) is 4.98 Å². The fourth-order valence-corrected chi connectivity index (χ4v) is 11.4. The zero-order valence-electron chi connectivity index (χ0n) is 26.2. The average molecular weight is 548 g/mol. The number of nitrogens with zero attached hydrogens (tertiary/aromatic N) is 1. The third kappa shape index (κ3) is 3.86. The van der Waals surface area contributed by atoms with Gasteiger partial charge in [-0.3, -0.25) is 9.78 Å². The van der Waals surface area contributed by atoms with Crippen molar-refractivity contribution in [3.05, 3.63) is 41.7 Å². The van der Waals surface area contributed by atoms with Crippen molar-refractivity contribution in [1.29, 1.82) is 0 Å². The van der Waals surface area contributed by atoms with E-state index in [2.05, 4.69) is 59.5 Å². The minimum absolute atomic E-state index is 0.00701. The van der Waals surface area contributed by atoms with Crippen LogP contribution in [0.3, 0.4) is 0 Å². The maximum absolute atomic E-state index is 14.1. The van der Waals surface area contributed by atoms with Gasteiger partial charge in [0.2, 0.25) is 0 Å². The van der Waals surface area contributed by atoms with Gasteiger partial charge in [0.15, 0.2) is 0 Å². The summed E-state index contributed by atoms with van der Waals surface area (Å²) < 4.78 is 6.11. The second-order valence-corrected chi connectivity index (χ2v) is 16.6. The molecule has 1 N–H and O–H groups in total. The number of fused-ring (bicyclic) bond motifs is 7. The van der Waals surface area contributed by atoms with Gasteiger partial charge < -0.3 is 9.84 Å². The summed E-state index contributed by atoms with van der Waals surface area (Å²) in [6.07, 6.45) is 14.8. The molecule has 1 heterocycles. The van der Waals surface area contributed by atoms with Crippen LogP contribution in [0.5, 0.6) is 0 Å². The monoisotopic (exact) mass is 547 g/mol. The second-order valence-electron chi connectivity index (χ2n) is 16.6. The standard InChI is InChI=1S/C36H53NO3/c1-31(2)17-19-36(30(39)40-23-24-10-8-9-21-37-24)20-18-34(6)25(26(36)22-31)11-12-28-33(5)15-14-29(38)32(3,4)27(33)13-16-35(28,34)7/h8-11,21,26-29,38H,12-20,22-23H2,1-7H3. The van der Waals surface area contributed by atoms with Crippen LogP contribution in [0.2, 0.25) is 0 Å². The number of aromatic nitrogens is 1. The van der Waals surface area contributed by atoms with E-state index in [0.29, 0.717) is 11.8 Å². The molecule has 4 fully saturated rings. The Hall–Kier alpha value is -1.68. The molecule has 8 unspecified atom stereocenters. The molecule has 40 heavy (non-hydrogen) atoms. The number of hydrogen-bond donors (Lipinski definition) is 1. The Morgan fingerprint density at radius 1 is 0.950 bits per heavy atom. The van der Waals surface area contributed by atoms with Crippen molar-refractivity contribution in [2.24, 2.45) is 50.2 Å². The highest BCUT2D eigenvalue weighted by atomic mass is 16.5. The molecule has 8 atom stereocenters. The molecule has 1 aromatic rings. The molecule has 1 aromatic heterocycles. The van der Waals surface area contributed by atoms with E-state index < -0.39 is 5.41 Å². The Kier molecular flexibility index (Phi) is 6.51. The molecule has 0 radical (unpaired) electrons. The molecule has 4 saturated carbocycles.